The number of nitrogens with zero attached hydrogens (tertiary/aromatic N) is 2. The molecule has 4 nitrogen and oxygen atoms in total. The molecule has 0 radical (unpaired) electrons. The van der Waals surface area contributed by atoms with Crippen molar-refractivity contribution in [1.29, 1.82) is 0 Å². The summed E-state index contributed by atoms with van der Waals surface area (Å²) < 4.78 is 0. The fourth-order valence-electron chi connectivity index (χ4n) is 1.61. The van der Waals surface area contributed by atoms with Gasteiger partial charge in [-0.3, -0.25) is 0 Å². The van der Waals surface area contributed by atoms with Crippen LogP contribution >= 0.6 is 0 Å². The summed E-state index contributed by atoms with van der Waals surface area (Å²) in [5, 5.41) is 3.17. The fraction of sp³-hybridized carbons (Fsp3) is 0.615. The van der Waals surface area contributed by atoms with Crippen LogP contribution in [0.2, 0.25) is 0 Å². The Morgan fingerprint density at radius 3 is 2.71 bits per heavy atom. The molecule has 1 heterocycles. The van der Waals surface area contributed by atoms with E-state index in [-0.39, 0.29) is 5.78 Å². The van der Waals surface area contributed by atoms with Crippen LogP contribution in [0.5, 0.6) is 0 Å². The van der Waals surface area contributed by atoms with Crippen molar-refractivity contribution < 1.29 is 4.79 Å². The maximum Gasteiger partial charge on any atom is 0.222 e. The Hall–Kier alpha value is -1.45. The Balaban J connectivity index is 2.51. The molecule has 0 saturated heterocycles. The first kappa shape index (κ1) is 13.6. The Morgan fingerprint density at radius 1 is 1.41 bits per heavy atom. The van der Waals surface area contributed by atoms with Gasteiger partial charge >= 0.3 is 0 Å². The van der Waals surface area contributed by atoms with E-state index in [1.807, 2.05) is 13.0 Å². The van der Waals surface area contributed by atoms with Crippen molar-refractivity contribution in [3.05, 3.63) is 18.0 Å². The highest BCUT2D eigenvalue weighted by Crippen LogP contribution is 2.12. The third-order valence-corrected chi connectivity index (χ3v) is 2.51. The van der Waals surface area contributed by atoms with Gasteiger partial charge in [0, 0.05) is 24.9 Å². The van der Waals surface area contributed by atoms with Crippen LogP contribution in [-0.4, -0.2) is 22.3 Å². The number of anilines is 1. The highest BCUT2D eigenvalue weighted by atomic mass is 16.1. The number of carbonyl (C=O) groups is 1. The summed E-state index contributed by atoms with van der Waals surface area (Å²) in [6, 6.07) is 1.93. The van der Waals surface area contributed by atoms with E-state index in [0.29, 0.717) is 24.2 Å². The van der Waals surface area contributed by atoms with E-state index < -0.39 is 0 Å². The second-order valence-electron chi connectivity index (χ2n) is 4.85. The zero-order valence-electron chi connectivity index (χ0n) is 11.0. The Kier molecular flexibility index (Phi) is 5.07. The summed E-state index contributed by atoms with van der Waals surface area (Å²) in [6.45, 7) is 8.59. The first-order valence-electron chi connectivity index (χ1n) is 6.05. The molecule has 1 aromatic rings. The summed E-state index contributed by atoms with van der Waals surface area (Å²) in [6.07, 6.45) is 2.36. The summed E-state index contributed by atoms with van der Waals surface area (Å²) in [5.74, 6) is 1.56. The molecule has 4 heteroatoms. The highest BCUT2D eigenvalue weighted by molar-refractivity contribution is 5.75. The van der Waals surface area contributed by atoms with Gasteiger partial charge in [0.05, 0.1) is 0 Å². The molecular weight excluding hydrogens is 214 g/mol. The molecule has 0 spiro atoms. The highest BCUT2D eigenvalue weighted by Gasteiger charge is 2.07. The lowest BCUT2D eigenvalue weighted by molar-refractivity contribution is -0.117. The lowest BCUT2D eigenvalue weighted by Gasteiger charge is -2.12. The van der Waals surface area contributed by atoms with Crippen molar-refractivity contribution in [2.75, 3.05) is 11.9 Å². The van der Waals surface area contributed by atoms with Gasteiger partial charge in [-0.1, -0.05) is 20.8 Å². The van der Waals surface area contributed by atoms with Crippen molar-refractivity contribution in [1.82, 2.24) is 9.97 Å². The van der Waals surface area contributed by atoms with Gasteiger partial charge in [-0.2, -0.15) is 0 Å². The quantitative estimate of drug-likeness (QED) is 0.823. The molecule has 1 rings (SSSR count). The van der Waals surface area contributed by atoms with Gasteiger partial charge in [-0.15, -0.1) is 0 Å². The minimum absolute atomic E-state index is 0.219. The second-order valence-corrected chi connectivity index (χ2v) is 4.85. The standard InChI is InChI=1S/C13H21N3O/c1-9(2)12-5-6-14-13(16-12)15-8-10(3)7-11(4)17/h5-6,9-10H,7-8H2,1-4H3,(H,14,15,16)/t10-/m0/s1. The third-order valence-electron chi connectivity index (χ3n) is 2.51. The van der Waals surface area contributed by atoms with Crippen LogP contribution in [0.15, 0.2) is 12.3 Å². The summed E-state index contributed by atoms with van der Waals surface area (Å²) >= 11 is 0. The fourth-order valence-corrected chi connectivity index (χ4v) is 1.61. The average Bonchev–Trinajstić information content (AvgIpc) is 2.26. The number of nitrogens with one attached hydrogen (secondary N) is 1. The zero-order valence-corrected chi connectivity index (χ0v) is 11.0. The summed E-state index contributed by atoms with van der Waals surface area (Å²) in [7, 11) is 0. The lowest BCUT2D eigenvalue weighted by Crippen LogP contribution is -2.15. The maximum absolute atomic E-state index is 10.9. The SMILES string of the molecule is CC(=O)C[C@H](C)CNc1nccc(C(C)C)n1. The molecular formula is C13H21N3O. The molecule has 0 unspecified atom stereocenters. The number of carbonyl (C=O) groups excluding carboxylic acids is 1. The van der Waals surface area contributed by atoms with Gasteiger partial charge in [0.25, 0.3) is 0 Å². The van der Waals surface area contributed by atoms with Gasteiger partial charge in [-0.25, -0.2) is 9.97 Å². The van der Waals surface area contributed by atoms with Crippen molar-refractivity contribution in [2.45, 2.75) is 40.0 Å². The number of hydrogen-bond donors (Lipinski definition) is 1. The van der Waals surface area contributed by atoms with Crippen molar-refractivity contribution >= 4 is 11.7 Å². The van der Waals surface area contributed by atoms with Crippen LogP contribution in [0.25, 0.3) is 0 Å². The molecule has 0 saturated carbocycles. The van der Waals surface area contributed by atoms with Crippen LogP contribution in [-0.2, 0) is 4.79 Å². The number of ketones is 1. The van der Waals surface area contributed by atoms with Crippen LogP contribution in [0.1, 0.15) is 45.7 Å². The van der Waals surface area contributed by atoms with E-state index in [1.165, 1.54) is 0 Å². The van der Waals surface area contributed by atoms with E-state index in [0.717, 1.165) is 12.2 Å². The number of Topliss-reactive ketones (excluding diaryl/α,β-unsaturated/α-hetero) is 1. The Labute approximate surface area is 103 Å². The van der Waals surface area contributed by atoms with Gasteiger partial charge in [0.1, 0.15) is 5.78 Å². The van der Waals surface area contributed by atoms with Crippen molar-refractivity contribution in [3.8, 4) is 0 Å². The van der Waals surface area contributed by atoms with Crippen LogP contribution in [0.4, 0.5) is 5.95 Å². The monoisotopic (exact) mass is 235 g/mol. The molecule has 0 aliphatic rings. The molecule has 94 valence electrons. The number of hydrogen-bond acceptors (Lipinski definition) is 4. The molecule has 0 amide bonds. The van der Waals surface area contributed by atoms with Gasteiger partial charge < -0.3 is 10.1 Å². The smallest absolute Gasteiger partial charge is 0.222 e. The van der Waals surface area contributed by atoms with Gasteiger partial charge in [0.2, 0.25) is 5.95 Å². The minimum atomic E-state index is 0.219. The Morgan fingerprint density at radius 2 is 2.12 bits per heavy atom. The van der Waals surface area contributed by atoms with Gasteiger partial charge in [-0.05, 0) is 24.8 Å². The molecule has 0 aromatic carbocycles. The molecule has 0 aliphatic heterocycles. The third kappa shape index (κ3) is 4.93. The molecule has 0 aliphatic carbocycles. The molecule has 0 fully saturated rings. The van der Waals surface area contributed by atoms with E-state index in [9.17, 15) is 4.79 Å². The van der Waals surface area contributed by atoms with Gasteiger partial charge in [0.15, 0.2) is 0 Å². The zero-order chi connectivity index (χ0) is 12.8. The van der Waals surface area contributed by atoms with Crippen LogP contribution < -0.4 is 5.32 Å². The first-order valence-corrected chi connectivity index (χ1v) is 6.05. The van der Waals surface area contributed by atoms with E-state index >= 15 is 0 Å². The number of aromatic nitrogens is 2. The van der Waals surface area contributed by atoms with Crippen LogP contribution in [0.3, 0.4) is 0 Å². The van der Waals surface area contributed by atoms with Crippen molar-refractivity contribution in [2.24, 2.45) is 5.92 Å². The summed E-state index contributed by atoms with van der Waals surface area (Å²) in [4.78, 5) is 19.5. The molecule has 1 N–H and O–H groups in total. The molecule has 1 atom stereocenters. The Bertz CT molecular complexity index is 377. The van der Waals surface area contributed by atoms with E-state index in [1.54, 1.807) is 13.1 Å². The normalized spacial score (nSPS) is 12.5. The topological polar surface area (TPSA) is 54.9 Å². The number of rotatable bonds is 6. The first-order chi connectivity index (χ1) is 7.99. The van der Waals surface area contributed by atoms with Crippen molar-refractivity contribution in [3.63, 3.8) is 0 Å². The average molecular weight is 235 g/mol. The van der Waals surface area contributed by atoms with Crippen LogP contribution in [0, 0.1) is 5.92 Å². The molecule has 0 bridgehead atoms. The predicted molar refractivity (Wildman–Crippen MR) is 69.1 cm³/mol. The second kappa shape index (κ2) is 6.33. The summed E-state index contributed by atoms with van der Waals surface area (Å²) in [5.41, 5.74) is 1.03. The lowest BCUT2D eigenvalue weighted by atomic mass is 10.1. The largest absolute Gasteiger partial charge is 0.354 e. The maximum atomic E-state index is 10.9. The minimum Gasteiger partial charge on any atom is -0.354 e. The molecule has 1 aromatic heterocycles. The van der Waals surface area contributed by atoms with E-state index in [4.69, 9.17) is 0 Å². The molecule has 17 heavy (non-hydrogen) atoms. The predicted octanol–water partition coefficient (Wildman–Crippen LogP) is 2.63. The van der Waals surface area contributed by atoms with E-state index in [2.05, 4.69) is 29.1 Å².